The Kier molecular flexibility index (Phi) is 8.38. The predicted octanol–water partition coefficient (Wildman–Crippen LogP) is 3.67. The fourth-order valence-electron chi connectivity index (χ4n) is 2.16. The van der Waals surface area contributed by atoms with Crippen molar-refractivity contribution in [1.82, 2.24) is 0 Å². The summed E-state index contributed by atoms with van der Waals surface area (Å²) in [6, 6.07) is 6.78. The largest absolute Gasteiger partial charge is 0.392 e. The Morgan fingerprint density at radius 3 is 2.10 bits per heavy atom. The Hall–Kier alpha value is -1.07. The molecule has 0 aliphatic rings. The van der Waals surface area contributed by atoms with Gasteiger partial charge in [0.25, 0.3) is 0 Å². The summed E-state index contributed by atoms with van der Waals surface area (Å²) in [6.07, 6.45) is 7.73. The Bertz CT molecular complexity index is 483. The minimum absolute atomic E-state index is 0.0366. The Morgan fingerprint density at radius 2 is 1.52 bits per heavy atom. The highest BCUT2D eigenvalue weighted by Crippen LogP contribution is 2.13. The first-order valence-corrected chi connectivity index (χ1v) is 9.43. The van der Waals surface area contributed by atoms with Gasteiger partial charge in [-0.1, -0.05) is 57.6 Å². The average Bonchev–Trinajstić information content (AvgIpc) is 2.46. The van der Waals surface area contributed by atoms with Gasteiger partial charge in [0.05, 0.1) is 12.4 Å². The van der Waals surface area contributed by atoms with Crippen LogP contribution in [-0.4, -0.2) is 19.3 Å². The van der Waals surface area contributed by atoms with E-state index in [-0.39, 0.29) is 12.4 Å². The molecular formula is C16H27NO3S. The van der Waals surface area contributed by atoms with Crippen LogP contribution in [0, 0.1) is 0 Å². The van der Waals surface area contributed by atoms with Crippen LogP contribution in [0.4, 0.5) is 5.69 Å². The SMILES string of the molecule is CCCCCCCCCS(=O)(=O)Nc1ccc(CO)cc1. The van der Waals surface area contributed by atoms with Gasteiger partial charge in [0.2, 0.25) is 10.0 Å². The molecule has 0 atom stereocenters. The third-order valence-electron chi connectivity index (χ3n) is 3.43. The van der Waals surface area contributed by atoms with E-state index in [0.717, 1.165) is 18.4 Å². The van der Waals surface area contributed by atoms with Crippen LogP contribution in [0.2, 0.25) is 0 Å². The highest BCUT2D eigenvalue weighted by molar-refractivity contribution is 7.92. The van der Waals surface area contributed by atoms with Crippen LogP contribution in [0.1, 0.15) is 57.4 Å². The lowest BCUT2D eigenvalue weighted by Crippen LogP contribution is -2.16. The van der Waals surface area contributed by atoms with Gasteiger partial charge in [-0.25, -0.2) is 8.42 Å². The van der Waals surface area contributed by atoms with Crippen molar-refractivity contribution >= 4 is 15.7 Å². The monoisotopic (exact) mass is 313 g/mol. The van der Waals surface area contributed by atoms with Gasteiger partial charge in [0.15, 0.2) is 0 Å². The smallest absolute Gasteiger partial charge is 0.232 e. The van der Waals surface area contributed by atoms with E-state index < -0.39 is 10.0 Å². The van der Waals surface area contributed by atoms with E-state index in [1.807, 2.05) is 0 Å². The van der Waals surface area contributed by atoms with E-state index in [1.54, 1.807) is 24.3 Å². The molecule has 0 spiro atoms. The van der Waals surface area contributed by atoms with E-state index in [9.17, 15) is 8.42 Å². The molecule has 5 heteroatoms. The van der Waals surface area contributed by atoms with Gasteiger partial charge >= 0.3 is 0 Å². The van der Waals surface area contributed by atoms with Crippen LogP contribution in [0.25, 0.3) is 0 Å². The number of benzene rings is 1. The van der Waals surface area contributed by atoms with Crippen molar-refractivity contribution in [3.8, 4) is 0 Å². The highest BCUT2D eigenvalue weighted by Gasteiger charge is 2.09. The van der Waals surface area contributed by atoms with Crippen molar-refractivity contribution in [1.29, 1.82) is 0 Å². The summed E-state index contributed by atoms with van der Waals surface area (Å²) in [5.74, 6) is 0.169. The maximum atomic E-state index is 11.9. The average molecular weight is 313 g/mol. The van der Waals surface area contributed by atoms with Crippen LogP contribution in [0.5, 0.6) is 0 Å². The summed E-state index contributed by atoms with van der Waals surface area (Å²) in [5.41, 5.74) is 1.32. The van der Waals surface area contributed by atoms with Gasteiger partial charge in [0.1, 0.15) is 0 Å². The van der Waals surface area contributed by atoms with E-state index in [2.05, 4.69) is 11.6 Å². The summed E-state index contributed by atoms with van der Waals surface area (Å²) in [6.45, 7) is 2.15. The van der Waals surface area contributed by atoms with Gasteiger partial charge in [0, 0.05) is 5.69 Å². The Labute approximate surface area is 128 Å². The third-order valence-corrected chi connectivity index (χ3v) is 4.80. The molecule has 0 radical (unpaired) electrons. The predicted molar refractivity (Wildman–Crippen MR) is 87.8 cm³/mol. The molecule has 120 valence electrons. The molecule has 0 fully saturated rings. The number of aliphatic hydroxyl groups is 1. The van der Waals surface area contributed by atoms with Crippen LogP contribution >= 0.6 is 0 Å². The van der Waals surface area contributed by atoms with Crippen molar-refractivity contribution in [3.63, 3.8) is 0 Å². The van der Waals surface area contributed by atoms with Crippen molar-refractivity contribution in [2.24, 2.45) is 0 Å². The Morgan fingerprint density at radius 1 is 0.952 bits per heavy atom. The summed E-state index contributed by atoms with van der Waals surface area (Å²) < 4.78 is 26.4. The van der Waals surface area contributed by atoms with Gasteiger partial charge in [-0.05, 0) is 24.1 Å². The molecule has 0 aromatic heterocycles. The number of rotatable bonds is 11. The first kappa shape index (κ1) is 18.0. The molecule has 1 rings (SSSR count). The maximum absolute atomic E-state index is 11.9. The zero-order valence-electron chi connectivity index (χ0n) is 12.8. The second-order valence-electron chi connectivity index (χ2n) is 5.40. The lowest BCUT2D eigenvalue weighted by atomic mass is 10.1. The van der Waals surface area contributed by atoms with E-state index in [0.29, 0.717) is 12.1 Å². The lowest BCUT2D eigenvalue weighted by Gasteiger charge is -2.08. The quantitative estimate of drug-likeness (QED) is 0.613. The number of hydrogen-bond acceptors (Lipinski definition) is 3. The van der Waals surface area contributed by atoms with Gasteiger partial charge < -0.3 is 5.11 Å². The molecule has 0 aliphatic carbocycles. The minimum atomic E-state index is -3.26. The Balaban J connectivity index is 2.26. The first-order chi connectivity index (χ1) is 10.1. The van der Waals surface area contributed by atoms with Gasteiger partial charge in [-0.15, -0.1) is 0 Å². The van der Waals surface area contributed by atoms with E-state index in [4.69, 9.17) is 5.11 Å². The molecule has 0 aliphatic heterocycles. The van der Waals surface area contributed by atoms with Crippen LogP contribution in [0.15, 0.2) is 24.3 Å². The fraction of sp³-hybridized carbons (Fsp3) is 0.625. The lowest BCUT2D eigenvalue weighted by molar-refractivity contribution is 0.282. The summed E-state index contributed by atoms with van der Waals surface area (Å²) >= 11 is 0. The van der Waals surface area contributed by atoms with Gasteiger partial charge in [-0.3, -0.25) is 4.72 Å². The van der Waals surface area contributed by atoms with Crippen molar-refractivity contribution in [3.05, 3.63) is 29.8 Å². The number of nitrogens with one attached hydrogen (secondary N) is 1. The van der Waals surface area contributed by atoms with E-state index in [1.165, 1.54) is 25.7 Å². The standard InChI is InChI=1S/C16H27NO3S/c1-2-3-4-5-6-7-8-13-21(19,20)17-16-11-9-15(14-18)10-12-16/h9-12,17-18H,2-8,13-14H2,1H3. The number of anilines is 1. The van der Waals surface area contributed by atoms with Gasteiger partial charge in [-0.2, -0.15) is 0 Å². The molecular weight excluding hydrogens is 286 g/mol. The topological polar surface area (TPSA) is 66.4 Å². The molecule has 21 heavy (non-hydrogen) atoms. The first-order valence-electron chi connectivity index (χ1n) is 7.77. The summed E-state index contributed by atoms with van der Waals surface area (Å²) in [4.78, 5) is 0. The van der Waals surface area contributed by atoms with Crippen molar-refractivity contribution in [2.45, 2.75) is 58.5 Å². The number of sulfonamides is 1. The molecule has 0 unspecified atom stereocenters. The van der Waals surface area contributed by atoms with Crippen LogP contribution in [0.3, 0.4) is 0 Å². The molecule has 1 aromatic rings. The second-order valence-corrected chi connectivity index (χ2v) is 7.24. The molecule has 0 bridgehead atoms. The second kappa shape index (κ2) is 9.79. The van der Waals surface area contributed by atoms with E-state index >= 15 is 0 Å². The van der Waals surface area contributed by atoms with Crippen LogP contribution in [-0.2, 0) is 16.6 Å². The van der Waals surface area contributed by atoms with Crippen LogP contribution < -0.4 is 4.72 Å². The molecule has 0 heterocycles. The molecule has 1 aromatic carbocycles. The molecule has 0 amide bonds. The minimum Gasteiger partial charge on any atom is -0.392 e. The normalized spacial score (nSPS) is 11.5. The summed E-state index contributed by atoms with van der Waals surface area (Å²) in [7, 11) is -3.26. The number of hydrogen-bond donors (Lipinski definition) is 2. The van der Waals surface area contributed by atoms with Crippen molar-refractivity contribution < 1.29 is 13.5 Å². The summed E-state index contributed by atoms with van der Waals surface area (Å²) in [5, 5.41) is 8.94. The zero-order chi connectivity index (χ0) is 15.6. The third kappa shape index (κ3) is 8.07. The zero-order valence-corrected chi connectivity index (χ0v) is 13.7. The number of aliphatic hydroxyl groups excluding tert-OH is 1. The van der Waals surface area contributed by atoms with Crippen molar-refractivity contribution in [2.75, 3.05) is 10.5 Å². The molecule has 4 nitrogen and oxygen atoms in total. The molecule has 2 N–H and O–H groups in total. The number of unbranched alkanes of at least 4 members (excludes halogenated alkanes) is 6. The molecule has 0 saturated carbocycles. The molecule has 0 saturated heterocycles. The highest BCUT2D eigenvalue weighted by atomic mass is 32.2. The maximum Gasteiger partial charge on any atom is 0.232 e. The fourth-order valence-corrected chi connectivity index (χ4v) is 3.34.